The van der Waals surface area contributed by atoms with Crippen molar-refractivity contribution < 1.29 is 5.11 Å². The number of fused-ring (bicyclic) bond motifs is 3. The van der Waals surface area contributed by atoms with Crippen molar-refractivity contribution in [2.24, 2.45) is 0 Å². The van der Waals surface area contributed by atoms with Crippen LogP contribution >= 0.6 is 0 Å². The van der Waals surface area contributed by atoms with Gasteiger partial charge in [0, 0.05) is 12.2 Å². The van der Waals surface area contributed by atoms with Crippen LogP contribution in [0.1, 0.15) is 31.4 Å². The molecule has 0 bridgehead atoms. The first-order chi connectivity index (χ1) is 9.59. The van der Waals surface area contributed by atoms with Crippen LogP contribution in [0.2, 0.25) is 0 Å². The van der Waals surface area contributed by atoms with E-state index in [-0.39, 0.29) is 0 Å². The summed E-state index contributed by atoms with van der Waals surface area (Å²) >= 11 is 0. The molecule has 1 aliphatic carbocycles. The fourth-order valence-electron chi connectivity index (χ4n) is 2.67. The monoisotopic (exact) mass is 267 g/mol. The van der Waals surface area contributed by atoms with Crippen LogP contribution in [-0.2, 0) is 6.42 Å². The van der Waals surface area contributed by atoms with Crippen molar-refractivity contribution in [2.75, 3.05) is 11.9 Å². The van der Waals surface area contributed by atoms with Crippen LogP contribution in [0.4, 0.5) is 5.69 Å². The van der Waals surface area contributed by atoms with E-state index < -0.39 is 5.60 Å². The lowest BCUT2D eigenvalue weighted by atomic mass is 10.0. The molecule has 0 heterocycles. The molecule has 2 nitrogen and oxygen atoms in total. The maximum atomic E-state index is 10.1. The van der Waals surface area contributed by atoms with Gasteiger partial charge in [0.15, 0.2) is 0 Å². The summed E-state index contributed by atoms with van der Waals surface area (Å²) < 4.78 is 0. The van der Waals surface area contributed by atoms with Crippen molar-refractivity contribution in [1.29, 1.82) is 0 Å². The number of rotatable bonds is 4. The highest BCUT2D eigenvalue weighted by Gasteiger charge is 2.19. The van der Waals surface area contributed by atoms with Crippen molar-refractivity contribution in [1.82, 2.24) is 0 Å². The van der Waals surface area contributed by atoms with E-state index in [1.54, 1.807) is 0 Å². The number of benzene rings is 2. The van der Waals surface area contributed by atoms with E-state index in [2.05, 4.69) is 47.8 Å². The first-order valence-corrected chi connectivity index (χ1v) is 7.26. The number of anilines is 1. The second-order valence-corrected chi connectivity index (χ2v) is 5.91. The highest BCUT2D eigenvalue weighted by molar-refractivity contribution is 5.78. The number of hydrogen-bond acceptors (Lipinski definition) is 2. The summed E-state index contributed by atoms with van der Waals surface area (Å²) in [6.45, 7) is 4.44. The van der Waals surface area contributed by atoms with Gasteiger partial charge in [-0.25, -0.2) is 0 Å². The molecule has 0 fully saturated rings. The predicted octanol–water partition coefficient (Wildman–Crippen LogP) is 3.83. The van der Waals surface area contributed by atoms with Gasteiger partial charge in [-0.05, 0) is 54.2 Å². The molecule has 2 N–H and O–H groups in total. The highest BCUT2D eigenvalue weighted by atomic mass is 16.3. The van der Waals surface area contributed by atoms with E-state index in [1.165, 1.54) is 22.3 Å². The summed E-state index contributed by atoms with van der Waals surface area (Å²) in [5.74, 6) is 0. The highest BCUT2D eigenvalue weighted by Crippen LogP contribution is 2.37. The third-order valence-corrected chi connectivity index (χ3v) is 4.23. The van der Waals surface area contributed by atoms with E-state index in [4.69, 9.17) is 0 Å². The molecule has 1 unspecified atom stereocenters. The van der Waals surface area contributed by atoms with Crippen LogP contribution in [-0.4, -0.2) is 17.3 Å². The smallest absolute Gasteiger partial charge is 0.0788 e. The Morgan fingerprint density at radius 2 is 1.85 bits per heavy atom. The molecular weight excluding hydrogens is 246 g/mol. The van der Waals surface area contributed by atoms with Gasteiger partial charge in [0.25, 0.3) is 0 Å². The molecule has 0 spiro atoms. The molecule has 1 aliphatic rings. The predicted molar refractivity (Wildman–Crippen MR) is 84.1 cm³/mol. The van der Waals surface area contributed by atoms with Gasteiger partial charge in [0.05, 0.1) is 5.60 Å². The minimum Gasteiger partial charge on any atom is -0.388 e. The fourth-order valence-corrected chi connectivity index (χ4v) is 2.67. The Morgan fingerprint density at radius 1 is 1.10 bits per heavy atom. The zero-order chi connectivity index (χ0) is 14.2. The van der Waals surface area contributed by atoms with Gasteiger partial charge in [-0.15, -0.1) is 0 Å². The van der Waals surface area contributed by atoms with Crippen molar-refractivity contribution in [3.05, 3.63) is 53.6 Å². The summed E-state index contributed by atoms with van der Waals surface area (Å²) in [5, 5.41) is 13.4. The van der Waals surface area contributed by atoms with Gasteiger partial charge in [0.1, 0.15) is 0 Å². The summed E-state index contributed by atoms with van der Waals surface area (Å²) in [6.07, 6.45) is 1.75. The zero-order valence-corrected chi connectivity index (χ0v) is 12.1. The number of nitrogens with one attached hydrogen (secondary N) is 1. The van der Waals surface area contributed by atoms with Gasteiger partial charge in [-0.1, -0.05) is 37.3 Å². The van der Waals surface area contributed by atoms with E-state index in [9.17, 15) is 5.11 Å². The lowest BCUT2D eigenvalue weighted by Gasteiger charge is -2.22. The molecule has 0 saturated heterocycles. The van der Waals surface area contributed by atoms with Crippen molar-refractivity contribution in [3.8, 4) is 11.1 Å². The van der Waals surface area contributed by atoms with Crippen molar-refractivity contribution in [3.63, 3.8) is 0 Å². The molecule has 0 aromatic heterocycles. The summed E-state index contributed by atoms with van der Waals surface area (Å²) in [6, 6.07) is 15.1. The first-order valence-electron chi connectivity index (χ1n) is 7.26. The number of aliphatic hydroxyl groups is 1. The minimum absolute atomic E-state index is 0.579. The standard InChI is InChI=1S/C18H21NO/c1-3-18(2,20)12-19-15-8-9-17-14(11-15)10-13-6-4-5-7-16(13)17/h4-9,11,19-20H,3,10,12H2,1-2H3. The second-order valence-electron chi connectivity index (χ2n) is 5.91. The maximum absolute atomic E-state index is 10.1. The molecule has 1 atom stereocenters. The second kappa shape index (κ2) is 4.95. The van der Waals surface area contributed by atoms with Crippen LogP contribution in [0, 0.1) is 0 Å². The van der Waals surface area contributed by atoms with Crippen molar-refractivity contribution >= 4 is 5.69 Å². The Kier molecular flexibility index (Phi) is 3.27. The topological polar surface area (TPSA) is 32.3 Å². The molecule has 0 saturated carbocycles. The van der Waals surface area contributed by atoms with Crippen molar-refractivity contribution in [2.45, 2.75) is 32.3 Å². The molecule has 104 valence electrons. The third kappa shape index (κ3) is 2.44. The first kappa shape index (κ1) is 13.2. The Bertz CT molecular complexity index is 631. The van der Waals surface area contributed by atoms with Gasteiger partial charge in [-0.2, -0.15) is 0 Å². The van der Waals surface area contributed by atoms with Crippen LogP contribution in [0.15, 0.2) is 42.5 Å². The molecule has 20 heavy (non-hydrogen) atoms. The van der Waals surface area contributed by atoms with Gasteiger partial charge in [0.2, 0.25) is 0 Å². The average molecular weight is 267 g/mol. The Labute approximate surface area is 120 Å². The fraction of sp³-hybridized carbons (Fsp3) is 0.333. The molecular formula is C18H21NO. The van der Waals surface area contributed by atoms with Crippen LogP contribution < -0.4 is 5.32 Å². The SMILES string of the molecule is CCC(C)(O)CNc1ccc2c(c1)Cc1ccccc1-2. The van der Waals surface area contributed by atoms with Crippen LogP contribution in [0.5, 0.6) is 0 Å². The Balaban J connectivity index is 1.81. The average Bonchev–Trinajstić information content (AvgIpc) is 2.83. The molecule has 3 rings (SSSR count). The van der Waals surface area contributed by atoms with Gasteiger partial charge >= 0.3 is 0 Å². The lowest BCUT2D eigenvalue weighted by Crippen LogP contribution is -2.32. The normalized spacial score (nSPS) is 15.3. The largest absolute Gasteiger partial charge is 0.388 e. The Morgan fingerprint density at radius 3 is 2.65 bits per heavy atom. The molecule has 2 aromatic carbocycles. The van der Waals surface area contributed by atoms with Gasteiger partial charge in [-0.3, -0.25) is 0 Å². The van der Waals surface area contributed by atoms with E-state index in [0.29, 0.717) is 6.54 Å². The molecule has 0 radical (unpaired) electrons. The van der Waals surface area contributed by atoms with Crippen LogP contribution in [0.25, 0.3) is 11.1 Å². The molecule has 2 heteroatoms. The number of hydrogen-bond donors (Lipinski definition) is 2. The zero-order valence-electron chi connectivity index (χ0n) is 12.1. The quantitative estimate of drug-likeness (QED) is 0.753. The lowest BCUT2D eigenvalue weighted by molar-refractivity contribution is 0.0697. The third-order valence-electron chi connectivity index (χ3n) is 4.23. The maximum Gasteiger partial charge on any atom is 0.0788 e. The molecule has 0 amide bonds. The van der Waals surface area contributed by atoms with E-state index >= 15 is 0 Å². The molecule has 2 aromatic rings. The van der Waals surface area contributed by atoms with Crippen LogP contribution in [0.3, 0.4) is 0 Å². The summed E-state index contributed by atoms with van der Waals surface area (Å²) in [7, 11) is 0. The molecule has 0 aliphatic heterocycles. The van der Waals surface area contributed by atoms with Gasteiger partial charge < -0.3 is 10.4 Å². The van der Waals surface area contributed by atoms with E-state index in [0.717, 1.165) is 18.5 Å². The van der Waals surface area contributed by atoms with E-state index in [1.807, 2.05) is 13.8 Å². The Hall–Kier alpha value is -1.80. The summed E-state index contributed by atoms with van der Waals surface area (Å²) in [5.41, 5.74) is 5.91. The minimum atomic E-state index is -0.651. The summed E-state index contributed by atoms with van der Waals surface area (Å²) in [4.78, 5) is 0.